The highest BCUT2D eigenvalue weighted by molar-refractivity contribution is 6.41. The van der Waals surface area contributed by atoms with E-state index in [9.17, 15) is 18.0 Å². The van der Waals surface area contributed by atoms with Crippen LogP contribution in [0.25, 0.3) is 0 Å². The first-order chi connectivity index (χ1) is 11.2. The van der Waals surface area contributed by atoms with Crippen molar-refractivity contribution in [2.45, 2.75) is 11.1 Å². The summed E-state index contributed by atoms with van der Waals surface area (Å²) in [5, 5.41) is 2.72. The van der Waals surface area contributed by atoms with E-state index in [1.165, 1.54) is 25.3 Å². The van der Waals surface area contributed by atoms with Crippen molar-refractivity contribution in [3.05, 3.63) is 58.1 Å². The molecule has 0 aromatic heterocycles. The fourth-order valence-corrected chi connectivity index (χ4v) is 3.20. The van der Waals surface area contributed by atoms with Gasteiger partial charge >= 0.3 is 6.18 Å². The number of ether oxygens (including phenoxy) is 1. The van der Waals surface area contributed by atoms with E-state index in [-0.39, 0.29) is 16.8 Å². The lowest BCUT2D eigenvalue weighted by Crippen LogP contribution is -2.30. The number of rotatable bonds is 2. The van der Waals surface area contributed by atoms with E-state index in [0.717, 1.165) is 12.1 Å². The number of anilines is 1. The predicted octanol–water partition coefficient (Wildman–Crippen LogP) is 4.80. The van der Waals surface area contributed by atoms with Gasteiger partial charge in [-0.2, -0.15) is 13.2 Å². The topological polar surface area (TPSA) is 38.3 Å². The fraction of sp³-hybridized carbons (Fsp3) is 0.188. The highest BCUT2D eigenvalue weighted by Crippen LogP contribution is 2.50. The molecule has 2 aromatic rings. The van der Waals surface area contributed by atoms with Crippen molar-refractivity contribution in [2.75, 3.05) is 12.4 Å². The standard InChI is InChI=1S/C16H10Cl2F3NO2/c1-24-13-5-3-9(17)7-11(13)15(18)10-4-2-8(16(19,20)21)6-12(10)22-14(15)23/h2-7H,1H3,(H,22,23)/t15-/m1/s1. The first-order valence-corrected chi connectivity index (χ1v) is 7.49. The summed E-state index contributed by atoms with van der Waals surface area (Å²) in [6.45, 7) is 0. The number of carbonyl (C=O) groups is 1. The maximum atomic E-state index is 12.9. The van der Waals surface area contributed by atoms with Gasteiger partial charge in [-0.15, -0.1) is 0 Å². The smallest absolute Gasteiger partial charge is 0.416 e. The zero-order valence-electron chi connectivity index (χ0n) is 12.2. The second-order valence-electron chi connectivity index (χ2n) is 5.22. The van der Waals surface area contributed by atoms with Gasteiger partial charge in [0.15, 0.2) is 4.87 Å². The minimum atomic E-state index is -4.52. The van der Waals surface area contributed by atoms with Crippen LogP contribution in [0.15, 0.2) is 36.4 Å². The van der Waals surface area contributed by atoms with E-state index >= 15 is 0 Å². The number of nitrogens with one attached hydrogen (secondary N) is 1. The quantitative estimate of drug-likeness (QED) is 0.765. The van der Waals surface area contributed by atoms with Crippen molar-refractivity contribution in [1.29, 1.82) is 0 Å². The zero-order valence-corrected chi connectivity index (χ0v) is 13.7. The van der Waals surface area contributed by atoms with Crippen molar-refractivity contribution in [3.8, 4) is 5.75 Å². The second kappa shape index (κ2) is 5.57. The monoisotopic (exact) mass is 375 g/mol. The molecule has 1 atom stereocenters. The number of methoxy groups -OCH3 is 1. The van der Waals surface area contributed by atoms with Gasteiger partial charge in [-0.25, -0.2) is 0 Å². The lowest BCUT2D eigenvalue weighted by molar-refractivity contribution is -0.137. The van der Waals surface area contributed by atoms with E-state index in [1.54, 1.807) is 6.07 Å². The third-order valence-electron chi connectivity index (χ3n) is 3.81. The summed E-state index contributed by atoms with van der Waals surface area (Å²) < 4.78 is 43.8. The van der Waals surface area contributed by atoms with E-state index in [2.05, 4.69) is 5.32 Å². The molecule has 0 fully saturated rings. The molecule has 1 aliphatic rings. The highest BCUT2D eigenvalue weighted by atomic mass is 35.5. The summed E-state index contributed by atoms with van der Waals surface area (Å²) in [4.78, 5) is 10.7. The number of halogens is 5. The van der Waals surface area contributed by atoms with Gasteiger partial charge in [-0.05, 0) is 30.3 Å². The Balaban J connectivity index is 2.21. The van der Waals surface area contributed by atoms with Gasteiger partial charge in [0.05, 0.1) is 12.7 Å². The summed E-state index contributed by atoms with van der Waals surface area (Å²) in [6.07, 6.45) is -4.52. The second-order valence-corrected chi connectivity index (χ2v) is 6.22. The lowest BCUT2D eigenvalue weighted by Gasteiger charge is -2.23. The molecular formula is C16H10Cl2F3NO2. The third-order valence-corrected chi connectivity index (χ3v) is 4.63. The Morgan fingerprint density at radius 3 is 2.46 bits per heavy atom. The molecule has 8 heteroatoms. The Bertz CT molecular complexity index is 839. The van der Waals surface area contributed by atoms with Crippen LogP contribution < -0.4 is 10.1 Å². The van der Waals surface area contributed by atoms with E-state index in [0.29, 0.717) is 10.8 Å². The Hall–Kier alpha value is -1.92. The van der Waals surface area contributed by atoms with Crippen LogP contribution in [-0.4, -0.2) is 13.0 Å². The van der Waals surface area contributed by atoms with E-state index < -0.39 is 22.5 Å². The minimum absolute atomic E-state index is 0.00635. The first kappa shape index (κ1) is 16.9. The summed E-state index contributed by atoms with van der Waals surface area (Å²) >= 11 is 12.5. The molecule has 2 aromatic carbocycles. The molecule has 24 heavy (non-hydrogen) atoms. The van der Waals surface area contributed by atoms with Crippen LogP contribution in [-0.2, 0) is 15.8 Å². The zero-order chi connectivity index (χ0) is 17.7. The Kier molecular flexibility index (Phi) is 3.92. The Morgan fingerprint density at radius 2 is 1.83 bits per heavy atom. The average molecular weight is 376 g/mol. The Labute approximate surface area is 145 Å². The summed E-state index contributed by atoms with van der Waals surface area (Å²) in [7, 11) is 1.40. The molecule has 1 aliphatic heterocycles. The summed E-state index contributed by atoms with van der Waals surface area (Å²) in [5.74, 6) is -0.364. The maximum Gasteiger partial charge on any atom is 0.416 e. The van der Waals surface area contributed by atoms with Crippen LogP contribution in [0.4, 0.5) is 18.9 Å². The van der Waals surface area contributed by atoms with Gasteiger partial charge in [-0.1, -0.05) is 29.3 Å². The molecule has 0 radical (unpaired) electrons. The van der Waals surface area contributed by atoms with Gasteiger partial charge < -0.3 is 10.1 Å². The van der Waals surface area contributed by atoms with Crippen molar-refractivity contribution in [2.24, 2.45) is 0 Å². The molecule has 0 spiro atoms. The molecule has 0 unspecified atom stereocenters. The molecule has 1 amide bonds. The SMILES string of the molecule is COc1ccc(Cl)cc1[C@@]1(Cl)C(=O)Nc2cc(C(F)(F)F)ccc21. The molecule has 0 aliphatic carbocycles. The summed E-state index contributed by atoms with van der Waals surface area (Å²) in [6, 6.07) is 7.48. The molecule has 3 nitrogen and oxygen atoms in total. The van der Waals surface area contributed by atoms with Gasteiger partial charge in [0, 0.05) is 21.8 Å². The molecule has 3 rings (SSSR count). The molecular weight excluding hydrogens is 366 g/mol. The number of alkyl halides is 4. The molecule has 1 N–H and O–H groups in total. The van der Waals surface area contributed by atoms with Crippen LogP contribution in [0.2, 0.25) is 5.02 Å². The number of fused-ring (bicyclic) bond motifs is 1. The first-order valence-electron chi connectivity index (χ1n) is 6.74. The number of benzene rings is 2. The van der Waals surface area contributed by atoms with Crippen molar-refractivity contribution < 1.29 is 22.7 Å². The van der Waals surface area contributed by atoms with Crippen molar-refractivity contribution in [3.63, 3.8) is 0 Å². The number of amides is 1. The van der Waals surface area contributed by atoms with Crippen molar-refractivity contribution >= 4 is 34.8 Å². The van der Waals surface area contributed by atoms with E-state index in [1.807, 2.05) is 0 Å². The largest absolute Gasteiger partial charge is 0.496 e. The van der Waals surface area contributed by atoms with Crippen LogP contribution in [0.1, 0.15) is 16.7 Å². The number of hydrogen-bond donors (Lipinski definition) is 1. The predicted molar refractivity (Wildman–Crippen MR) is 84.7 cm³/mol. The van der Waals surface area contributed by atoms with Crippen LogP contribution in [0.5, 0.6) is 5.75 Å². The molecule has 0 saturated heterocycles. The third kappa shape index (κ3) is 2.50. The molecule has 1 heterocycles. The Morgan fingerprint density at radius 1 is 1.12 bits per heavy atom. The average Bonchev–Trinajstić information content (AvgIpc) is 2.78. The van der Waals surface area contributed by atoms with E-state index in [4.69, 9.17) is 27.9 Å². The molecule has 126 valence electrons. The number of carbonyl (C=O) groups excluding carboxylic acids is 1. The fourth-order valence-electron chi connectivity index (χ4n) is 2.67. The van der Waals surface area contributed by atoms with Gasteiger partial charge in [0.1, 0.15) is 5.75 Å². The molecule has 0 saturated carbocycles. The number of hydrogen-bond acceptors (Lipinski definition) is 2. The normalized spacial score (nSPS) is 19.8. The van der Waals surface area contributed by atoms with Gasteiger partial charge in [0.25, 0.3) is 5.91 Å². The van der Waals surface area contributed by atoms with Crippen molar-refractivity contribution in [1.82, 2.24) is 0 Å². The lowest BCUT2D eigenvalue weighted by atomic mass is 9.90. The minimum Gasteiger partial charge on any atom is -0.496 e. The van der Waals surface area contributed by atoms with Crippen LogP contribution in [0, 0.1) is 0 Å². The van der Waals surface area contributed by atoms with Crippen LogP contribution >= 0.6 is 23.2 Å². The van der Waals surface area contributed by atoms with Gasteiger partial charge in [0.2, 0.25) is 0 Å². The van der Waals surface area contributed by atoms with Gasteiger partial charge in [-0.3, -0.25) is 4.79 Å². The molecule has 0 bridgehead atoms. The van der Waals surface area contributed by atoms with Crippen LogP contribution in [0.3, 0.4) is 0 Å². The highest BCUT2D eigenvalue weighted by Gasteiger charge is 2.49. The maximum absolute atomic E-state index is 12.9. The summed E-state index contributed by atoms with van der Waals surface area (Å²) in [5.41, 5.74) is -0.398.